The minimum Gasteiger partial charge on any atom is -0.338 e. The van der Waals surface area contributed by atoms with Crippen molar-refractivity contribution in [3.8, 4) is 17.3 Å². The van der Waals surface area contributed by atoms with Crippen LogP contribution in [0.4, 0.5) is 8.78 Å². The number of aromatic amines is 1. The summed E-state index contributed by atoms with van der Waals surface area (Å²) in [4.78, 5) is 17.7. The second-order valence-corrected chi connectivity index (χ2v) is 7.36. The lowest BCUT2D eigenvalue weighted by Gasteiger charge is -2.38. The molecule has 0 radical (unpaired) electrons. The maximum Gasteiger partial charge on any atom is 0.278 e. The number of nitrogens with one attached hydrogen (secondary N) is 1. The van der Waals surface area contributed by atoms with E-state index in [0.29, 0.717) is 35.6 Å². The van der Waals surface area contributed by atoms with Crippen molar-refractivity contribution in [1.29, 1.82) is 5.26 Å². The van der Waals surface area contributed by atoms with Crippen molar-refractivity contribution in [1.82, 2.24) is 29.3 Å². The number of rotatable bonds is 5. The van der Waals surface area contributed by atoms with Gasteiger partial charge in [0.15, 0.2) is 5.65 Å². The zero-order valence-electron chi connectivity index (χ0n) is 15.5. The summed E-state index contributed by atoms with van der Waals surface area (Å²) in [5, 5.41) is 17.6. The molecule has 1 aliphatic heterocycles. The summed E-state index contributed by atoms with van der Waals surface area (Å²) in [7, 11) is 0. The fraction of sp³-hybridized carbons (Fsp3) is 0.444. The number of H-pyrrole nitrogens is 1. The Morgan fingerprint density at radius 3 is 2.68 bits per heavy atom. The molecule has 1 N–H and O–H groups in total. The zero-order chi connectivity index (χ0) is 20.1. The first-order valence-electron chi connectivity index (χ1n) is 8.96. The van der Waals surface area contributed by atoms with E-state index in [4.69, 9.17) is 0 Å². The molecular weight excluding hydrogens is 368 g/mol. The number of fused-ring (bicyclic) bond motifs is 1. The van der Waals surface area contributed by atoms with Crippen molar-refractivity contribution in [2.45, 2.75) is 32.2 Å². The van der Waals surface area contributed by atoms with Gasteiger partial charge in [-0.3, -0.25) is 14.4 Å². The molecule has 0 saturated carbocycles. The predicted molar refractivity (Wildman–Crippen MR) is 97.2 cm³/mol. The van der Waals surface area contributed by atoms with E-state index in [0.717, 1.165) is 0 Å². The fourth-order valence-electron chi connectivity index (χ4n) is 3.50. The summed E-state index contributed by atoms with van der Waals surface area (Å²) in [5.74, 6) is -2.66. The Morgan fingerprint density at radius 2 is 2.04 bits per heavy atom. The van der Waals surface area contributed by atoms with Crippen molar-refractivity contribution >= 4 is 5.65 Å². The van der Waals surface area contributed by atoms with Crippen LogP contribution < -0.4 is 5.56 Å². The van der Waals surface area contributed by atoms with Crippen LogP contribution in [0, 0.1) is 11.3 Å². The molecule has 10 heteroatoms. The van der Waals surface area contributed by atoms with E-state index < -0.39 is 5.92 Å². The van der Waals surface area contributed by atoms with Gasteiger partial charge in [0.2, 0.25) is 0 Å². The van der Waals surface area contributed by atoms with Gasteiger partial charge >= 0.3 is 0 Å². The molecule has 0 unspecified atom stereocenters. The summed E-state index contributed by atoms with van der Waals surface area (Å²) < 4.78 is 28.7. The van der Waals surface area contributed by atoms with Crippen LogP contribution in [0.5, 0.6) is 0 Å². The van der Waals surface area contributed by atoms with Gasteiger partial charge in [0.25, 0.3) is 11.5 Å². The van der Waals surface area contributed by atoms with Crippen LogP contribution in [0.2, 0.25) is 0 Å². The molecule has 4 rings (SSSR count). The van der Waals surface area contributed by atoms with Gasteiger partial charge in [-0.05, 0) is 5.92 Å². The van der Waals surface area contributed by atoms with Gasteiger partial charge in [-0.25, -0.2) is 8.78 Å². The number of nitrogens with zero attached hydrogens (tertiary/aromatic N) is 6. The molecule has 1 fully saturated rings. The highest BCUT2D eigenvalue weighted by Gasteiger charge is 2.43. The third kappa shape index (κ3) is 3.07. The standard InChI is InChI=1S/C18H19F2N7O/c1-11(2)14-15(24-16-12(5-21)6-23-27(16)17(14)28)13-7-22-26(8-13)4-3-25-9-18(19,20)10-25/h6-8,11,24H,3-4,9-10H2,1-2H3. The van der Waals surface area contributed by atoms with E-state index in [-0.39, 0.29) is 30.1 Å². The molecule has 0 amide bonds. The Hall–Kier alpha value is -3.06. The monoisotopic (exact) mass is 387 g/mol. The molecule has 8 nitrogen and oxygen atoms in total. The molecule has 3 aromatic rings. The normalized spacial score (nSPS) is 16.4. The average Bonchev–Trinajstić information content (AvgIpc) is 3.24. The number of hydrogen-bond donors (Lipinski definition) is 1. The van der Waals surface area contributed by atoms with Crippen LogP contribution in [0.3, 0.4) is 0 Å². The van der Waals surface area contributed by atoms with Crippen LogP contribution in [-0.4, -0.2) is 54.8 Å². The quantitative estimate of drug-likeness (QED) is 0.721. The number of halogens is 2. The van der Waals surface area contributed by atoms with E-state index in [1.807, 2.05) is 19.9 Å². The van der Waals surface area contributed by atoms with Crippen molar-refractivity contribution in [3.63, 3.8) is 0 Å². The summed E-state index contributed by atoms with van der Waals surface area (Å²) in [6.07, 6.45) is 4.75. The highest BCUT2D eigenvalue weighted by atomic mass is 19.3. The Morgan fingerprint density at radius 1 is 1.29 bits per heavy atom. The Balaban J connectivity index is 1.67. The maximum atomic E-state index is 12.9. The maximum absolute atomic E-state index is 12.9. The molecule has 146 valence electrons. The molecule has 0 aromatic carbocycles. The lowest BCUT2D eigenvalue weighted by molar-refractivity contribution is -0.131. The van der Waals surface area contributed by atoms with Crippen molar-refractivity contribution in [2.75, 3.05) is 19.6 Å². The van der Waals surface area contributed by atoms with Gasteiger partial charge in [0.05, 0.1) is 37.7 Å². The van der Waals surface area contributed by atoms with Crippen LogP contribution in [0.15, 0.2) is 23.4 Å². The average molecular weight is 387 g/mol. The topological polar surface area (TPSA) is 95.0 Å². The van der Waals surface area contributed by atoms with Crippen LogP contribution >= 0.6 is 0 Å². The number of alkyl halides is 2. The zero-order valence-corrected chi connectivity index (χ0v) is 15.5. The number of aromatic nitrogens is 5. The van der Waals surface area contributed by atoms with Gasteiger partial charge in [-0.15, -0.1) is 0 Å². The van der Waals surface area contributed by atoms with Gasteiger partial charge < -0.3 is 4.98 Å². The molecule has 0 spiro atoms. The Kier molecular flexibility index (Phi) is 4.27. The Labute approximate surface area is 159 Å². The molecule has 28 heavy (non-hydrogen) atoms. The molecule has 0 bridgehead atoms. The van der Waals surface area contributed by atoms with Crippen molar-refractivity contribution < 1.29 is 8.78 Å². The molecule has 4 heterocycles. The van der Waals surface area contributed by atoms with E-state index in [1.165, 1.54) is 10.7 Å². The van der Waals surface area contributed by atoms with Gasteiger partial charge in [0.1, 0.15) is 11.6 Å². The summed E-state index contributed by atoms with van der Waals surface area (Å²) in [6.45, 7) is 4.31. The van der Waals surface area contributed by atoms with Crippen molar-refractivity contribution in [3.05, 3.63) is 40.1 Å². The second kappa shape index (κ2) is 6.53. The molecular formula is C18H19F2N7O. The molecule has 1 saturated heterocycles. The highest BCUT2D eigenvalue weighted by molar-refractivity contribution is 5.67. The highest BCUT2D eigenvalue weighted by Crippen LogP contribution is 2.27. The van der Waals surface area contributed by atoms with Gasteiger partial charge in [0, 0.05) is 23.9 Å². The first kappa shape index (κ1) is 18.3. The predicted octanol–water partition coefficient (Wildman–Crippen LogP) is 1.83. The molecule has 3 aromatic heterocycles. The van der Waals surface area contributed by atoms with Crippen LogP contribution in [0.1, 0.15) is 30.9 Å². The first-order chi connectivity index (χ1) is 13.3. The lowest BCUT2D eigenvalue weighted by atomic mass is 10.00. The summed E-state index contributed by atoms with van der Waals surface area (Å²) in [5.41, 5.74) is 2.16. The van der Waals surface area contributed by atoms with E-state index in [9.17, 15) is 18.8 Å². The first-order valence-corrected chi connectivity index (χ1v) is 8.96. The number of nitriles is 1. The summed E-state index contributed by atoms with van der Waals surface area (Å²) in [6, 6.07) is 2.02. The molecule has 0 aliphatic carbocycles. The minimum absolute atomic E-state index is 0.0791. The second-order valence-electron chi connectivity index (χ2n) is 7.36. The fourth-order valence-corrected chi connectivity index (χ4v) is 3.50. The van der Waals surface area contributed by atoms with E-state index >= 15 is 0 Å². The van der Waals surface area contributed by atoms with Crippen LogP contribution in [0.25, 0.3) is 16.9 Å². The molecule has 1 aliphatic rings. The Bertz CT molecular complexity index is 1130. The van der Waals surface area contributed by atoms with Crippen molar-refractivity contribution in [2.24, 2.45) is 0 Å². The lowest BCUT2D eigenvalue weighted by Crippen LogP contribution is -2.56. The van der Waals surface area contributed by atoms with E-state index in [1.54, 1.807) is 22.0 Å². The largest absolute Gasteiger partial charge is 0.338 e. The third-order valence-electron chi connectivity index (χ3n) is 4.88. The molecule has 0 atom stereocenters. The van der Waals surface area contributed by atoms with Crippen LogP contribution in [-0.2, 0) is 6.54 Å². The smallest absolute Gasteiger partial charge is 0.278 e. The SMILES string of the molecule is CC(C)c1c(-c2cnn(CCN3CC(F)(F)C3)c2)[nH]c2c(C#N)cnn2c1=O. The number of hydrogen-bond acceptors (Lipinski definition) is 5. The summed E-state index contributed by atoms with van der Waals surface area (Å²) >= 11 is 0. The minimum atomic E-state index is -2.58. The third-order valence-corrected chi connectivity index (χ3v) is 4.88. The van der Waals surface area contributed by atoms with Gasteiger partial charge in [-0.2, -0.15) is 20.0 Å². The van der Waals surface area contributed by atoms with E-state index in [2.05, 4.69) is 15.2 Å². The number of likely N-dealkylation sites (tertiary alicyclic amines) is 1. The van der Waals surface area contributed by atoms with Gasteiger partial charge in [-0.1, -0.05) is 13.8 Å².